The van der Waals surface area contributed by atoms with Gasteiger partial charge in [0.05, 0.1) is 0 Å². The van der Waals surface area contributed by atoms with Crippen LogP contribution in [0.4, 0.5) is 10.1 Å². The predicted molar refractivity (Wildman–Crippen MR) is 79.9 cm³/mol. The minimum Gasteiger partial charge on any atom is -0.371 e. The van der Waals surface area contributed by atoms with Crippen LogP contribution in [0, 0.1) is 5.82 Å². The Labute approximate surface area is 114 Å². The van der Waals surface area contributed by atoms with Crippen LogP contribution in [0.2, 0.25) is 0 Å². The Morgan fingerprint density at radius 2 is 2.11 bits per heavy atom. The number of nitrogens with two attached hydrogens (primary N) is 1. The summed E-state index contributed by atoms with van der Waals surface area (Å²) in [6.45, 7) is 4.06. The molecule has 0 aliphatic rings. The number of hydrogen-bond donors (Lipinski definition) is 1. The Kier molecular flexibility index (Phi) is 5.96. The van der Waals surface area contributed by atoms with Crippen LogP contribution >= 0.6 is 11.8 Å². The summed E-state index contributed by atoms with van der Waals surface area (Å²) in [5.74, 6) is 0.834. The van der Waals surface area contributed by atoms with E-state index < -0.39 is 0 Å². The Hall–Kier alpha value is -0.740. The molecule has 0 aromatic heterocycles. The fourth-order valence-corrected chi connectivity index (χ4v) is 2.95. The average Bonchev–Trinajstić information content (AvgIpc) is 2.35. The summed E-state index contributed by atoms with van der Waals surface area (Å²) in [4.78, 5) is 2.22. The van der Waals surface area contributed by atoms with E-state index in [-0.39, 0.29) is 11.9 Å². The third-order valence-electron chi connectivity index (χ3n) is 3.24. The molecular formula is C14H23FN2S. The average molecular weight is 270 g/mol. The lowest BCUT2D eigenvalue weighted by atomic mass is 10.0. The first-order chi connectivity index (χ1) is 8.51. The van der Waals surface area contributed by atoms with Crippen molar-refractivity contribution in [2.24, 2.45) is 5.73 Å². The predicted octanol–water partition coefficient (Wildman–Crippen LogP) is 3.42. The summed E-state index contributed by atoms with van der Waals surface area (Å²) in [6.07, 6.45) is 3.17. The maximum absolute atomic E-state index is 13.3. The van der Waals surface area contributed by atoms with Crippen LogP contribution in [-0.2, 0) is 0 Å². The van der Waals surface area contributed by atoms with Gasteiger partial charge in [-0.3, -0.25) is 0 Å². The molecule has 1 aromatic rings. The molecule has 2 nitrogen and oxygen atoms in total. The quantitative estimate of drug-likeness (QED) is 0.859. The zero-order valence-corrected chi connectivity index (χ0v) is 12.4. The monoisotopic (exact) mass is 270 g/mol. The molecule has 0 aliphatic carbocycles. The second-order valence-corrected chi connectivity index (χ2v) is 5.53. The smallest absolute Gasteiger partial charge is 0.123 e. The van der Waals surface area contributed by atoms with Crippen molar-refractivity contribution in [3.05, 3.63) is 29.6 Å². The molecule has 1 rings (SSSR count). The largest absolute Gasteiger partial charge is 0.371 e. The molecule has 102 valence electrons. The summed E-state index contributed by atoms with van der Waals surface area (Å²) >= 11 is 1.83. The molecule has 0 saturated carbocycles. The van der Waals surface area contributed by atoms with Crippen LogP contribution in [0.5, 0.6) is 0 Å². The number of halogens is 1. The number of hydrogen-bond acceptors (Lipinski definition) is 3. The number of thioether (sulfide) groups is 1. The van der Waals surface area contributed by atoms with Crippen LogP contribution in [0.15, 0.2) is 18.2 Å². The van der Waals surface area contributed by atoms with Gasteiger partial charge < -0.3 is 10.6 Å². The van der Waals surface area contributed by atoms with Gasteiger partial charge in [0.2, 0.25) is 0 Å². The molecule has 0 radical (unpaired) electrons. The fourth-order valence-electron chi connectivity index (χ4n) is 2.10. The van der Waals surface area contributed by atoms with Gasteiger partial charge in [0.1, 0.15) is 5.82 Å². The van der Waals surface area contributed by atoms with Crippen LogP contribution in [-0.4, -0.2) is 25.1 Å². The van der Waals surface area contributed by atoms with E-state index in [1.54, 1.807) is 6.07 Å². The molecule has 0 fully saturated rings. The molecule has 0 heterocycles. The van der Waals surface area contributed by atoms with Crippen molar-refractivity contribution in [3.8, 4) is 0 Å². The molecule has 4 heteroatoms. The third-order valence-corrected chi connectivity index (χ3v) is 3.96. The van der Waals surface area contributed by atoms with Gasteiger partial charge in [-0.15, -0.1) is 0 Å². The van der Waals surface area contributed by atoms with E-state index >= 15 is 0 Å². The normalized spacial score (nSPS) is 14.3. The number of nitrogens with zero attached hydrogens (tertiary/aromatic N) is 1. The molecular weight excluding hydrogens is 247 g/mol. The summed E-state index contributed by atoms with van der Waals surface area (Å²) in [7, 11) is 2.06. The standard InChI is InChI=1S/C14H23FN2S/c1-5-12(9-18-4)17(3)14-7-6-11(15)8-13(14)10(2)16/h6-8,10,12H,5,9,16H2,1-4H3/t10-,12?/m1/s1. The van der Waals surface area contributed by atoms with Crippen molar-refractivity contribution < 1.29 is 4.39 Å². The SMILES string of the molecule is CCC(CSC)N(C)c1ccc(F)cc1[C@@H](C)N. The van der Waals surface area contributed by atoms with Crippen molar-refractivity contribution in [3.63, 3.8) is 0 Å². The number of anilines is 1. The van der Waals surface area contributed by atoms with E-state index in [2.05, 4.69) is 25.1 Å². The second kappa shape index (κ2) is 7.00. The van der Waals surface area contributed by atoms with Gasteiger partial charge in [0.15, 0.2) is 0 Å². The van der Waals surface area contributed by atoms with Gasteiger partial charge >= 0.3 is 0 Å². The van der Waals surface area contributed by atoms with Crippen LogP contribution in [0.25, 0.3) is 0 Å². The summed E-state index contributed by atoms with van der Waals surface area (Å²) in [6, 6.07) is 5.16. The lowest BCUT2D eigenvalue weighted by molar-refractivity contribution is 0.618. The first kappa shape index (κ1) is 15.3. The summed E-state index contributed by atoms with van der Waals surface area (Å²) < 4.78 is 13.3. The maximum atomic E-state index is 13.3. The molecule has 0 saturated heterocycles. The van der Waals surface area contributed by atoms with Crippen LogP contribution in [0.1, 0.15) is 31.9 Å². The molecule has 1 aromatic carbocycles. The molecule has 0 amide bonds. The van der Waals surface area contributed by atoms with Crippen molar-refractivity contribution in [1.82, 2.24) is 0 Å². The highest BCUT2D eigenvalue weighted by Gasteiger charge is 2.17. The maximum Gasteiger partial charge on any atom is 0.123 e. The number of benzene rings is 1. The van der Waals surface area contributed by atoms with Crippen molar-refractivity contribution in [2.75, 3.05) is 24.0 Å². The minimum atomic E-state index is -0.225. The zero-order valence-electron chi connectivity index (χ0n) is 11.6. The topological polar surface area (TPSA) is 29.3 Å². The van der Waals surface area contributed by atoms with Crippen LogP contribution < -0.4 is 10.6 Å². The summed E-state index contributed by atoms with van der Waals surface area (Å²) in [5, 5.41) is 0. The third kappa shape index (κ3) is 3.62. The van der Waals surface area contributed by atoms with Gasteiger partial charge in [-0.2, -0.15) is 11.8 Å². The molecule has 0 spiro atoms. The summed E-state index contributed by atoms with van der Waals surface area (Å²) in [5.41, 5.74) is 7.85. The highest BCUT2D eigenvalue weighted by Crippen LogP contribution is 2.28. The lowest BCUT2D eigenvalue weighted by Crippen LogP contribution is -2.34. The zero-order chi connectivity index (χ0) is 13.7. The first-order valence-electron chi connectivity index (χ1n) is 6.28. The van der Waals surface area contributed by atoms with Gasteiger partial charge in [0.25, 0.3) is 0 Å². The van der Waals surface area contributed by atoms with Gasteiger partial charge in [-0.05, 0) is 43.4 Å². The van der Waals surface area contributed by atoms with Crippen molar-refractivity contribution in [1.29, 1.82) is 0 Å². The van der Waals surface area contributed by atoms with E-state index in [9.17, 15) is 4.39 Å². The highest BCUT2D eigenvalue weighted by atomic mass is 32.2. The van der Waals surface area contributed by atoms with Crippen molar-refractivity contribution >= 4 is 17.4 Å². The number of rotatable bonds is 6. The Morgan fingerprint density at radius 1 is 1.44 bits per heavy atom. The van der Waals surface area contributed by atoms with Crippen LogP contribution in [0.3, 0.4) is 0 Å². The molecule has 1 unspecified atom stereocenters. The van der Waals surface area contributed by atoms with E-state index in [4.69, 9.17) is 5.73 Å². The van der Waals surface area contributed by atoms with E-state index in [1.165, 1.54) is 6.07 Å². The molecule has 0 bridgehead atoms. The fraction of sp³-hybridized carbons (Fsp3) is 0.571. The Balaban J connectivity index is 3.07. The lowest BCUT2D eigenvalue weighted by Gasteiger charge is -2.31. The van der Waals surface area contributed by atoms with Crippen molar-refractivity contribution in [2.45, 2.75) is 32.4 Å². The van der Waals surface area contributed by atoms with E-state index in [0.29, 0.717) is 6.04 Å². The van der Waals surface area contributed by atoms with Gasteiger partial charge in [0, 0.05) is 30.6 Å². The first-order valence-corrected chi connectivity index (χ1v) is 7.67. The van der Waals surface area contributed by atoms with Gasteiger partial charge in [-0.1, -0.05) is 6.92 Å². The van der Waals surface area contributed by atoms with Gasteiger partial charge in [-0.25, -0.2) is 4.39 Å². The Bertz CT molecular complexity index is 382. The highest BCUT2D eigenvalue weighted by molar-refractivity contribution is 7.98. The second-order valence-electron chi connectivity index (χ2n) is 4.62. The van der Waals surface area contributed by atoms with E-state index in [1.807, 2.05) is 24.8 Å². The van der Waals surface area contributed by atoms with E-state index in [0.717, 1.165) is 23.4 Å². The molecule has 18 heavy (non-hydrogen) atoms. The molecule has 2 N–H and O–H groups in total. The molecule has 2 atom stereocenters. The Morgan fingerprint density at radius 3 is 2.61 bits per heavy atom. The minimum absolute atomic E-state index is 0.162. The molecule has 0 aliphatic heterocycles.